The molecule has 0 atom stereocenters. The molecule has 7 heteroatoms. The van der Waals surface area contributed by atoms with Crippen LogP contribution >= 0.6 is 0 Å². The Bertz CT molecular complexity index is 615. The summed E-state index contributed by atoms with van der Waals surface area (Å²) in [5, 5.41) is 20.2. The van der Waals surface area contributed by atoms with E-state index in [0.717, 1.165) is 12.8 Å². The average Bonchev–Trinajstić information content (AvgIpc) is 2.54. The van der Waals surface area contributed by atoms with Crippen LogP contribution in [0.1, 0.15) is 24.0 Å². The van der Waals surface area contributed by atoms with Gasteiger partial charge in [-0.25, -0.2) is 4.98 Å². The lowest BCUT2D eigenvalue weighted by atomic mass is 10.1. The summed E-state index contributed by atoms with van der Waals surface area (Å²) in [6, 6.07) is 3.48. The van der Waals surface area contributed by atoms with Gasteiger partial charge < -0.3 is 20.5 Å². The molecule has 1 aliphatic rings. The van der Waals surface area contributed by atoms with Crippen molar-refractivity contribution in [1.82, 2.24) is 10.3 Å². The quantitative estimate of drug-likeness (QED) is 0.555. The van der Waals surface area contributed by atoms with Crippen LogP contribution < -0.4 is 11.1 Å². The van der Waals surface area contributed by atoms with Crippen molar-refractivity contribution in [2.75, 3.05) is 26.0 Å². The molecule has 1 saturated heterocycles. The molecule has 1 aliphatic heterocycles. The maximum absolute atomic E-state index is 9.13. The number of anilines is 1. The Balaban J connectivity index is 2.15. The molecule has 0 saturated carbocycles. The van der Waals surface area contributed by atoms with E-state index in [1.54, 1.807) is 13.1 Å². The first-order valence-electron chi connectivity index (χ1n) is 7.02. The van der Waals surface area contributed by atoms with Gasteiger partial charge in [0.05, 0.1) is 24.5 Å². The summed E-state index contributed by atoms with van der Waals surface area (Å²) in [5.74, 6) is 0.738. The minimum atomic E-state index is 0.0697. The number of hydrogen-bond donors (Lipinski definition) is 3. The molecule has 0 amide bonds. The maximum Gasteiger partial charge on any atom is 0.188 e. The maximum atomic E-state index is 9.13. The van der Waals surface area contributed by atoms with Crippen molar-refractivity contribution in [1.29, 1.82) is 10.7 Å². The predicted octanol–water partition coefficient (Wildman–Crippen LogP) is 1.16. The molecular formula is C15H19N5O2. The highest BCUT2D eigenvalue weighted by Gasteiger charge is 2.17. The third kappa shape index (κ3) is 3.96. The largest absolute Gasteiger partial charge is 0.476 e. The van der Waals surface area contributed by atoms with E-state index < -0.39 is 0 Å². The summed E-state index contributed by atoms with van der Waals surface area (Å²) in [6.07, 6.45) is 4.68. The number of nitrogens with zero attached hydrogens (tertiary/aromatic N) is 2. The number of aromatic nitrogens is 1. The van der Waals surface area contributed by atoms with Crippen LogP contribution in [0, 0.1) is 16.7 Å². The van der Waals surface area contributed by atoms with Crippen LogP contribution in [0.2, 0.25) is 0 Å². The molecular weight excluding hydrogens is 282 g/mol. The number of pyridine rings is 1. The van der Waals surface area contributed by atoms with Gasteiger partial charge in [-0.15, -0.1) is 0 Å². The SMILES string of the molecule is CN/C(=C\C(=N)c1cnc(N)cc1C#N)OC1CCOCC1. The average molecular weight is 301 g/mol. The van der Waals surface area contributed by atoms with Crippen LogP contribution in [0.3, 0.4) is 0 Å². The van der Waals surface area contributed by atoms with Gasteiger partial charge in [-0.1, -0.05) is 0 Å². The number of ether oxygens (including phenoxy) is 2. The van der Waals surface area contributed by atoms with Gasteiger partial charge in [0.1, 0.15) is 18.0 Å². The standard InChI is InChI=1S/C15H19N5O2/c1-19-15(22-11-2-4-21-5-3-11)7-13(17)12-9-20-14(18)6-10(12)8-16/h6-7,9,11,17,19H,2-5H2,1H3,(H2,18,20)/b15-7+,17-13?. The van der Waals surface area contributed by atoms with Crippen LogP contribution in [-0.2, 0) is 9.47 Å². The predicted molar refractivity (Wildman–Crippen MR) is 82.3 cm³/mol. The van der Waals surface area contributed by atoms with Gasteiger partial charge in [0, 0.05) is 37.7 Å². The number of nitriles is 1. The van der Waals surface area contributed by atoms with E-state index >= 15 is 0 Å². The minimum absolute atomic E-state index is 0.0697. The summed E-state index contributed by atoms with van der Waals surface area (Å²) in [5.41, 5.74) is 6.43. The number of rotatable bonds is 5. The number of allylic oxidation sites excluding steroid dienone is 1. The number of hydrogen-bond acceptors (Lipinski definition) is 7. The topological polar surface area (TPSA) is 117 Å². The monoisotopic (exact) mass is 301 g/mol. The van der Waals surface area contributed by atoms with Crippen molar-refractivity contribution < 1.29 is 9.47 Å². The van der Waals surface area contributed by atoms with Crippen LogP contribution in [0.25, 0.3) is 0 Å². The molecule has 2 rings (SSSR count). The molecule has 7 nitrogen and oxygen atoms in total. The fraction of sp³-hybridized carbons (Fsp3) is 0.400. The molecule has 116 valence electrons. The van der Waals surface area contributed by atoms with Gasteiger partial charge in [0.25, 0.3) is 0 Å². The summed E-state index contributed by atoms with van der Waals surface area (Å²) >= 11 is 0. The number of nitrogens with two attached hydrogens (primary N) is 1. The molecule has 22 heavy (non-hydrogen) atoms. The highest BCUT2D eigenvalue weighted by molar-refractivity contribution is 6.08. The Morgan fingerprint density at radius 1 is 1.59 bits per heavy atom. The molecule has 0 aliphatic carbocycles. The van der Waals surface area contributed by atoms with Crippen molar-refractivity contribution >= 4 is 11.5 Å². The third-order valence-electron chi connectivity index (χ3n) is 3.32. The van der Waals surface area contributed by atoms with E-state index in [-0.39, 0.29) is 17.6 Å². The lowest BCUT2D eigenvalue weighted by Gasteiger charge is -2.24. The van der Waals surface area contributed by atoms with Crippen molar-refractivity contribution in [2.45, 2.75) is 18.9 Å². The first-order chi connectivity index (χ1) is 10.6. The van der Waals surface area contributed by atoms with Gasteiger partial charge >= 0.3 is 0 Å². The van der Waals surface area contributed by atoms with Gasteiger partial charge in [-0.2, -0.15) is 5.26 Å². The van der Waals surface area contributed by atoms with E-state index in [2.05, 4.69) is 10.3 Å². The molecule has 0 unspecified atom stereocenters. The van der Waals surface area contributed by atoms with Crippen molar-refractivity contribution in [2.24, 2.45) is 0 Å². The molecule has 0 radical (unpaired) electrons. The second-order valence-corrected chi connectivity index (χ2v) is 4.87. The molecule has 0 spiro atoms. The van der Waals surface area contributed by atoms with E-state index in [1.807, 2.05) is 6.07 Å². The molecule has 0 bridgehead atoms. The molecule has 1 fully saturated rings. The molecule has 1 aromatic heterocycles. The zero-order chi connectivity index (χ0) is 15.9. The Morgan fingerprint density at radius 2 is 2.32 bits per heavy atom. The highest BCUT2D eigenvalue weighted by atomic mass is 16.5. The Hall–Kier alpha value is -2.59. The summed E-state index contributed by atoms with van der Waals surface area (Å²) in [7, 11) is 1.73. The van der Waals surface area contributed by atoms with E-state index in [0.29, 0.717) is 30.2 Å². The summed E-state index contributed by atoms with van der Waals surface area (Å²) < 4.78 is 11.1. The van der Waals surface area contributed by atoms with Crippen molar-refractivity contribution in [3.8, 4) is 6.07 Å². The Labute approximate surface area is 129 Å². The van der Waals surface area contributed by atoms with Gasteiger partial charge in [-0.05, 0) is 6.07 Å². The second kappa shape index (κ2) is 7.43. The number of nitrogen functional groups attached to an aromatic ring is 1. The van der Waals surface area contributed by atoms with Gasteiger partial charge in [0.2, 0.25) is 0 Å². The van der Waals surface area contributed by atoms with Crippen LogP contribution in [0.15, 0.2) is 24.2 Å². The third-order valence-corrected chi connectivity index (χ3v) is 3.32. The first-order valence-corrected chi connectivity index (χ1v) is 7.02. The Morgan fingerprint density at radius 3 is 2.95 bits per heavy atom. The zero-order valence-electron chi connectivity index (χ0n) is 12.4. The highest BCUT2D eigenvalue weighted by Crippen LogP contribution is 2.15. The smallest absolute Gasteiger partial charge is 0.188 e. The van der Waals surface area contributed by atoms with E-state index in [1.165, 1.54) is 12.3 Å². The van der Waals surface area contributed by atoms with Crippen LogP contribution in [-0.4, -0.2) is 37.1 Å². The fourth-order valence-electron chi connectivity index (χ4n) is 2.13. The second-order valence-electron chi connectivity index (χ2n) is 4.87. The summed E-state index contributed by atoms with van der Waals surface area (Å²) in [4.78, 5) is 3.94. The fourth-order valence-corrected chi connectivity index (χ4v) is 2.13. The number of nitrogens with one attached hydrogen (secondary N) is 2. The molecule has 2 heterocycles. The molecule has 0 aromatic carbocycles. The lowest BCUT2D eigenvalue weighted by molar-refractivity contribution is -0.00785. The van der Waals surface area contributed by atoms with Crippen LogP contribution in [0.4, 0.5) is 5.82 Å². The van der Waals surface area contributed by atoms with E-state index in [9.17, 15) is 0 Å². The zero-order valence-corrected chi connectivity index (χ0v) is 12.4. The van der Waals surface area contributed by atoms with Gasteiger partial charge in [0.15, 0.2) is 5.88 Å². The summed E-state index contributed by atoms with van der Waals surface area (Å²) in [6.45, 7) is 1.36. The van der Waals surface area contributed by atoms with Crippen molar-refractivity contribution in [3.05, 3.63) is 35.3 Å². The van der Waals surface area contributed by atoms with Crippen LogP contribution in [0.5, 0.6) is 0 Å². The van der Waals surface area contributed by atoms with Gasteiger partial charge in [-0.3, -0.25) is 5.41 Å². The minimum Gasteiger partial charge on any atom is -0.476 e. The molecule has 4 N–H and O–H groups in total. The Kier molecular flexibility index (Phi) is 5.33. The lowest BCUT2D eigenvalue weighted by Crippen LogP contribution is -2.26. The molecule has 1 aromatic rings. The normalized spacial score (nSPS) is 15.9. The first kappa shape index (κ1) is 15.8. The van der Waals surface area contributed by atoms with E-state index in [4.69, 9.17) is 25.9 Å². The van der Waals surface area contributed by atoms with Crippen molar-refractivity contribution in [3.63, 3.8) is 0 Å².